The van der Waals surface area contributed by atoms with Gasteiger partial charge in [-0.3, -0.25) is 10.1 Å². The van der Waals surface area contributed by atoms with Gasteiger partial charge in [-0.25, -0.2) is 9.59 Å². The Morgan fingerprint density at radius 3 is 2.63 bits per heavy atom. The first kappa shape index (κ1) is 21.0. The van der Waals surface area contributed by atoms with Gasteiger partial charge in [0.2, 0.25) is 0 Å². The maximum atomic E-state index is 11.9. The summed E-state index contributed by atoms with van der Waals surface area (Å²) in [6, 6.07) is 4.48. The van der Waals surface area contributed by atoms with Crippen LogP contribution < -0.4 is 15.4 Å². The molecule has 0 aromatic heterocycles. The fraction of sp³-hybridized carbons (Fsp3) is 0.526. The first-order valence-corrected chi connectivity index (χ1v) is 9.38. The Labute approximate surface area is 163 Å². The zero-order chi connectivity index (χ0) is 19.8. The SMILES string of the molecule is Cc1cc(OCC(=O)OCC(=O)NC(=O)N[C@@H]2CCCC[C@H]2C)ccc1Cl. The van der Waals surface area contributed by atoms with Gasteiger partial charge in [0.1, 0.15) is 5.75 Å². The van der Waals surface area contributed by atoms with Crippen molar-refractivity contribution >= 4 is 29.5 Å². The molecule has 148 valence electrons. The molecule has 0 heterocycles. The summed E-state index contributed by atoms with van der Waals surface area (Å²) in [5.41, 5.74) is 0.820. The molecule has 0 bridgehead atoms. The number of aryl methyl sites for hydroxylation is 1. The van der Waals surface area contributed by atoms with Gasteiger partial charge >= 0.3 is 12.0 Å². The second-order valence-electron chi connectivity index (χ2n) is 6.75. The van der Waals surface area contributed by atoms with Crippen LogP contribution >= 0.6 is 11.6 Å². The number of carbonyl (C=O) groups is 3. The van der Waals surface area contributed by atoms with Crippen LogP contribution in [0.3, 0.4) is 0 Å². The predicted molar refractivity (Wildman–Crippen MR) is 101 cm³/mol. The van der Waals surface area contributed by atoms with Crippen molar-refractivity contribution in [3.63, 3.8) is 0 Å². The molecule has 0 unspecified atom stereocenters. The van der Waals surface area contributed by atoms with E-state index >= 15 is 0 Å². The number of ether oxygens (including phenoxy) is 2. The Morgan fingerprint density at radius 1 is 1.19 bits per heavy atom. The van der Waals surface area contributed by atoms with Gasteiger partial charge in [-0.1, -0.05) is 31.4 Å². The number of esters is 1. The van der Waals surface area contributed by atoms with Crippen LogP contribution in [0, 0.1) is 12.8 Å². The van der Waals surface area contributed by atoms with Crippen molar-refractivity contribution in [2.75, 3.05) is 13.2 Å². The average Bonchev–Trinajstić information content (AvgIpc) is 2.63. The van der Waals surface area contributed by atoms with E-state index in [1.807, 2.05) is 6.92 Å². The first-order valence-electron chi connectivity index (χ1n) is 9.00. The third-order valence-corrected chi connectivity index (χ3v) is 4.96. The molecule has 1 aromatic carbocycles. The fourth-order valence-corrected chi connectivity index (χ4v) is 3.05. The van der Waals surface area contributed by atoms with Gasteiger partial charge in [0.15, 0.2) is 13.2 Å². The van der Waals surface area contributed by atoms with Gasteiger partial charge in [0.05, 0.1) is 0 Å². The molecule has 1 fully saturated rings. The minimum atomic E-state index is -0.709. The van der Waals surface area contributed by atoms with E-state index in [9.17, 15) is 14.4 Å². The minimum absolute atomic E-state index is 0.0605. The van der Waals surface area contributed by atoms with Crippen molar-refractivity contribution in [1.82, 2.24) is 10.6 Å². The third kappa shape index (κ3) is 7.09. The van der Waals surface area contributed by atoms with Gasteiger partial charge in [-0.05, 0) is 49.4 Å². The third-order valence-electron chi connectivity index (χ3n) is 4.53. The maximum Gasteiger partial charge on any atom is 0.344 e. The molecule has 0 aliphatic heterocycles. The van der Waals surface area contributed by atoms with E-state index in [1.54, 1.807) is 18.2 Å². The number of urea groups is 1. The van der Waals surface area contributed by atoms with Crippen molar-refractivity contribution < 1.29 is 23.9 Å². The standard InChI is InChI=1S/C19H25ClN2O5/c1-12-5-3-4-6-16(12)21-19(25)22-17(23)10-27-18(24)11-26-14-7-8-15(20)13(2)9-14/h7-9,12,16H,3-6,10-11H2,1-2H3,(H2,21,22,23,25)/t12-,16-/m1/s1. The topological polar surface area (TPSA) is 93.7 Å². The molecular formula is C19H25ClN2O5. The van der Waals surface area contributed by atoms with Gasteiger partial charge in [0, 0.05) is 11.1 Å². The molecule has 7 nitrogen and oxygen atoms in total. The molecule has 1 aliphatic carbocycles. The maximum absolute atomic E-state index is 11.9. The molecule has 2 rings (SSSR count). The second-order valence-corrected chi connectivity index (χ2v) is 7.16. The van der Waals surface area contributed by atoms with E-state index in [0.717, 1.165) is 31.2 Å². The fourth-order valence-electron chi connectivity index (χ4n) is 2.93. The Morgan fingerprint density at radius 2 is 1.93 bits per heavy atom. The molecule has 0 saturated heterocycles. The van der Waals surface area contributed by atoms with Crippen molar-refractivity contribution in [2.24, 2.45) is 5.92 Å². The summed E-state index contributed by atoms with van der Waals surface area (Å²) in [4.78, 5) is 35.3. The zero-order valence-corrected chi connectivity index (χ0v) is 16.3. The minimum Gasteiger partial charge on any atom is -0.482 e. The van der Waals surface area contributed by atoms with Gasteiger partial charge in [-0.2, -0.15) is 0 Å². The van der Waals surface area contributed by atoms with Crippen LogP contribution in [0.5, 0.6) is 5.75 Å². The van der Waals surface area contributed by atoms with Gasteiger partial charge in [0.25, 0.3) is 5.91 Å². The molecule has 0 radical (unpaired) electrons. The summed E-state index contributed by atoms with van der Waals surface area (Å²) < 4.78 is 10.1. The van der Waals surface area contributed by atoms with E-state index in [2.05, 4.69) is 17.6 Å². The lowest BCUT2D eigenvalue weighted by molar-refractivity contribution is -0.150. The van der Waals surface area contributed by atoms with Gasteiger partial charge in [-0.15, -0.1) is 0 Å². The second kappa shape index (κ2) is 10.2. The summed E-state index contributed by atoms with van der Waals surface area (Å²) in [7, 11) is 0. The number of benzene rings is 1. The number of hydrogen-bond acceptors (Lipinski definition) is 5. The monoisotopic (exact) mass is 396 g/mol. The number of halogens is 1. The average molecular weight is 397 g/mol. The van der Waals surface area contributed by atoms with Crippen LogP contribution in [0.15, 0.2) is 18.2 Å². The number of imide groups is 1. The number of nitrogens with one attached hydrogen (secondary N) is 2. The molecule has 8 heteroatoms. The molecule has 27 heavy (non-hydrogen) atoms. The van der Waals surface area contributed by atoms with Crippen LogP contribution in [-0.2, 0) is 14.3 Å². The zero-order valence-electron chi connectivity index (χ0n) is 15.5. The quantitative estimate of drug-likeness (QED) is 0.721. The normalized spacial score (nSPS) is 19.1. The van der Waals surface area contributed by atoms with Gasteiger partial charge < -0.3 is 14.8 Å². The first-order chi connectivity index (χ1) is 12.8. The number of amides is 3. The smallest absolute Gasteiger partial charge is 0.344 e. The Kier molecular flexibility index (Phi) is 7.91. The van der Waals surface area contributed by atoms with Crippen LogP contribution in [0.4, 0.5) is 4.79 Å². The highest BCUT2D eigenvalue weighted by Gasteiger charge is 2.23. The molecular weight excluding hydrogens is 372 g/mol. The number of hydrogen-bond donors (Lipinski definition) is 2. The molecule has 1 aliphatic rings. The van der Waals surface area contributed by atoms with Crippen molar-refractivity contribution in [3.8, 4) is 5.75 Å². The van der Waals surface area contributed by atoms with Crippen LogP contribution in [-0.4, -0.2) is 37.2 Å². The molecule has 1 saturated carbocycles. The number of carbonyl (C=O) groups excluding carboxylic acids is 3. The van der Waals surface area contributed by atoms with E-state index in [0.29, 0.717) is 16.7 Å². The highest BCUT2D eigenvalue weighted by atomic mass is 35.5. The summed E-state index contributed by atoms with van der Waals surface area (Å²) in [6.45, 7) is 3.00. The van der Waals surface area contributed by atoms with E-state index < -0.39 is 24.5 Å². The lowest BCUT2D eigenvalue weighted by atomic mass is 9.86. The summed E-state index contributed by atoms with van der Waals surface area (Å²) in [5, 5.41) is 5.57. The molecule has 2 N–H and O–H groups in total. The predicted octanol–water partition coefficient (Wildman–Crippen LogP) is 2.97. The molecule has 3 amide bonds. The summed E-state index contributed by atoms with van der Waals surface area (Å²) in [6.07, 6.45) is 4.18. The Hall–Kier alpha value is -2.28. The highest BCUT2D eigenvalue weighted by molar-refractivity contribution is 6.31. The highest BCUT2D eigenvalue weighted by Crippen LogP contribution is 2.23. The van der Waals surface area contributed by atoms with Crippen molar-refractivity contribution in [2.45, 2.75) is 45.6 Å². The number of rotatable bonds is 6. The van der Waals surface area contributed by atoms with Crippen LogP contribution in [0.2, 0.25) is 5.02 Å². The lowest BCUT2D eigenvalue weighted by Gasteiger charge is -2.29. The van der Waals surface area contributed by atoms with Crippen molar-refractivity contribution in [3.05, 3.63) is 28.8 Å². The lowest BCUT2D eigenvalue weighted by Crippen LogP contribution is -2.48. The van der Waals surface area contributed by atoms with Crippen molar-refractivity contribution in [1.29, 1.82) is 0 Å². The Bertz CT molecular complexity index is 695. The van der Waals surface area contributed by atoms with E-state index in [-0.39, 0.29) is 12.6 Å². The molecule has 2 atom stereocenters. The molecule has 0 spiro atoms. The van der Waals surface area contributed by atoms with Crippen LogP contribution in [0.25, 0.3) is 0 Å². The van der Waals surface area contributed by atoms with E-state index in [1.165, 1.54) is 0 Å². The summed E-state index contributed by atoms with van der Waals surface area (Å²) in [5.74, 6) is -0.545. The Balaban J connectivity index is 1.65. The summed E-state index contributed by atoms with van der Waals surface area (Å²) >= 11 is 5.91. The molecule has 1 aromatic rings. The van der Waals surface area contributed by atoms with Crippen LogP contribution in [0.1, 0.15) is 38.2 Å². The largest absolute Gasteiger partial charge is 0.482 e. The van der Waals surface area contributed by atoms with E-state index in [4.69, 9.17) is 21.1 Å².